The van der Waals surface area contributed by atoms with Crippen molar-refractivity contribution in [2.75, 3.05) is 0 Å². The van der Waals surface area contributed by atoms with Gasteiger partial charge in [0.1, 0.15) is 0 Å². The summed E-state index contributed by atoms with van der Waals surface area (Å²) in [4.78, 5) is 14.9. The first kappa shape index (κ1) is 28.9. The number of hydrogen-bond acceptors (Lipinski definition) is 4. The molecule has 13 rings (SSSR count). The van der Waals surface area contributed by atoms with E-state index in [2.05, 4.69) is 151 Å². The molecular weight excluding hydrogens is 681 g/mol. The molecule has 0 aliphatic heterocycles. The summed E-state index contributed by atoms with van der Waals surface area (Å²) < 4.78 is 17.2. The number of imidazole rings is 5. The molecule has 0 spiro atoms. The third-order valence-electron chi connectivity index (χ3n) is 11.3. The number of hydrogen-bond donors (Lipinski definition) is 0. The van der Waals surface area contributed by atoms with Crippen LogP contribution in [0.4, 0.5) is 0 Å². The zero-order valence-corrected chi connectivity index (χ0v) is 29.4. The fraction of sp³-hybridized carbons (Fsp3) is 0.0217. The van der Waals surface area contributed by atoms with Crippen LogP contribution in [0.5, 0.6) is 0 Å². The van der Waals surface area contributed by atoms with Gasteiger partial charge in [0, 0.05) is 7.05 Å². The highest BCUT2D eigenvalue weighted by Gasteiger charge is 2.21. The first-order valence-corrected chi connectivity index (χ1v) is 18.3. The fourth-order valence-corrected chi connectivity index (χ4v) is 8.77. The second kappa shape index (κ2) is 10.3. The van der Waals surface area contributed by atoms with Crippen LogP contribution < -0.4 is 0 Å². The minimum Gasteiger partial charge on any atom is -0.423 e. The van der Waals surface area contributed by atoms with Crippen LogP contribution in [0.15, 0.2) is 156 Å². The average molecular weight is 709 g/mol. The average Bonchev–Trinajstić information content (AvgIpc) is 4.06. The van der Waals surface area contributed by atoms with Crippen molar-refractivity contribution in [3.8, 4) is 27.9 Å². The van der Waals surface area contributed by atoms with E-state index in [1.165, 1.54) is 0 Å². The lowest BCUT2D eigenvalue weighted by atomic mass is 9.98. The van der Waals surface area contributed by atoms with Crippen molar-refractivity contribution in [1.82, 2.24) is 37.3 Å². The van der Waals surface area contributed by atoms with Crippen LogP contribution in [0.3, 0.4) is 0 Å². The standard InChI is InChI=1S/C46H28N8O/c1-50-37-21-17-29(24-41(37)52-35-13-4-2-11-32(35)47-44(50)52)27-9-8-10-28(23-27)30-18-22-38-42(25-30)53-36-14-5-3-12-33(36)48-45(53)51(38)31-19-20-34-40(26-31)54-39-15-6-7-16-43(39)55-46(54)49-34/h2-26H,1H3. The molecular formula is C46H28N8O. The van der Waals surface area contributed by atoms with Gasteiger partial charge in [-0.1, -0.05) is 66.7 Å². The van der Waals surface area contributed by atoms with Gasteiger partial charge in [0.2, 0.25) is 11.6 Å². The molecule has 0 bridgehead atoms. The number of para-hydroxylation sites is 6. The lowest BCUT2D eigenvalue weighted by Gasteiger charge is -2.09. The Kier molecular flexibility index (Phi) is 5.39. The topological polar surface area (TPSA) is 74.9 Å². The maximum Gasteiger partial charge on any atom is 0.307 e. The first-order valence-electron chi connectivity index (χ1n) is 18.3. The zero-order chi connectivity index (χ0) is 35.9. The van der Waals surface area contributed by atoms with Crippen molar-refractivity contribution in [2.45, 2.75) is 0 Å². The third-order valence-corrected chi connectivity index (χ3v) is 11.3. The van der Waals surface area contributed by atoms with Gasteiger partial charge in [0.05, 0.1) is 66.4 Å². The van der Waals surface area contributed by atoms with Crippen LogP contribution in [0.25, 0.3) is 112 Å². The fourth-order valence-electron chi connectivity index (χ4n) is 8.77. The van der Waals surface area contributed by atoms with E-state index in [9.17, 15) is 0 Å². The van der Waals surface area contributed by atoms with Crippen molar-refractivity contribution in [1.29, 1.82) is 0 Å². The molecule has 0 amide bonds. The number of benzene rings is 7. The molecule has 13 aromatic rings. The molecule has 0 saturated heterocycles. The molecule has 55 heavy (non-hydrogen) atoms. The maximum atomic E-state index is 6.11. The lowest BCUT2D eigenvalue weighted by Crippen LogP contribution is -1.95. The number of fused-ring (bicyclic) bond motifs is 15. The number of aryl methyl sites for hydroxylation is 1. The molecule has 0 fully saturated rings. The molecule has 0 unspecified atom stereocenters. The van der Waals surface area contributed by atoms with Gasteiger partial charge in [-0.25, -0.2) is 9.97 Å². The Morgan fingerprint density at radius 1 is 0.400 bits per heavy atom. The van der Waals surface area contributed by atoms with Crippen molar-refractivity contribution in [3.63, 3.8) is 0 Å². The predicted octanol–water partition coefficient (Wildman–Crippen LogP) is 10.6. The first-order chi connectivity index (χ1) is 27.2. The lowest BCUT2D eigenvalue weighted by molar-refractivity contribution is 0.643. The smallest absolute Gasteiger partial charge is 0.307 e. The van der Waals surface area contributed by atoms with Crippen LogP contribution >= 0.6 is 0 Å². The zero-order valence-electron chi connectivity index (χ0n) is 29.4. The Morgan fingerprint density at radius 3 is 1.76 bits per heavy atom. The second-order valence-corrected chi connectivity index (χ2v) is 14.3. The van der Waals surface area contributed by atoms with E-state index < -0.39 is 0 Å². The Labute approximate surface area is 311 Å². The summed E-state index contributed by atoms with van der Waals surface area (Å²) in [5.74, 6) is 2.38. The molecule has 7 aromatic carbocycles. The van der Waals surface area contributed by atoms with Crippen molar-refractivity contribution >= 4 is 83.7 Å². The summed E-state index contributed by atoms with van der Waals surface area (Å²) in [6, 6.07) is 53.4. The number of aromatic nitrogens is 8. The summed E-state index contributed by atoms with van der Waals surface area (Å²) in [5, 5.41) is 0. The molecule has 0 saturated carbocycles. The summed E-state index contributed by atoms with van der Waals surface area (Å²) in [5.41, 5.74) is 17.8. The van der Waals surface area contributed by atoms with E-state index in [1.54, 1.807) is 0 Å². The van der Waals surface area contributed by atoms with Gasteiger partial charge in [0.15, 0.2) is 5.58 Å². The highest BCUT2D eigenvalue weighted by Crippen LogP contribution is 2.36. The molecule has 0 radical (unpaired) electrons. The summed E-state index contributed by atoms with van der Waals surface area (Å²) in [6.45, 7) is 0. The van der Waals surface area contributed by atoms with Crippen LogP contribution in [0.1, 0.15) is 0 Å². The van der Waals surface area contributed by atoms with E-state index in [4.69, 9.17) is 19.4 Å². The number of rotatable bonds is 3. The van der Waals surface area contributed by atoms with E-state index in [0.29, 0.717) is 5.84 Å². The summed E-state index contributed by atoms with van der Waals surface area (Å²) in [6.07, 6.45) is 0. The van der Waals surface area contributed by atoms with Crippen LogP contribution in [0, 0.1) is 0 Å². The van der Waals surface area contributed by atoms with Gasteiger partial charge in [-0.05, 0) is 107 Å². The van der Waals surface area contributed by atoms with Crippen LogP contribution in [-0.2, 0) is 7.05 Å². The van der Waals surface area contributed by atoms with E-state index in [0.717, 1.165) is 106 Å². The molecule has 0 aliphatic carbocycles. The molecule has 0 N–H and O–H groups in total. The van der Waals surface area contributed by atoms with Gasteiger partial charge < -0.3 is 8.98 Å². The van der Waals surface area contributed by atoms with Crippen molar-refractivity contribution in [2.24, 2.45) is 7.05 Å². The van der Waals surface area contributed by atoms with Gasteiger partial charge in [-0.2, -0.15) is 4.98 Å². The van der Waals surface area contributed by atoms with E-state index in [-0.39, 0.29) is 0 Å². The largest absolute Gasteiger partial charge is 0.423 e. The van der Waals surface area contributed by atoms with Gasteiger partial charge in [0.25, 0.3) is 0 Å². The van der Waals surface area contributed by atoms with Crippen molar-refractivity contribution in [3.05, 3.63) is 152 Å². The Morgan fingerprint density at radius 2 is 1.00 bits per heavy atom. The quantitative estimate of drug-likeness (QED) is 0.183. The maximum absolute atomic E-state index is 6.11. The van der Waals surface area contributed by atoms with Crippen LogP contribution in [0.2, 0.25) is 0 Å². The van der Waals surface area contributed by atoms with Crippen molar-refractivity contribution < 1.29 is 4.42 Å². The molecule has 0 atom stereocenters. The minimum absolute atomic E-state index is 0.585. The summed E-state index contributed by atoms with van der Waals surface area (Å²) >= 11 is 0. The minimum atomic E-state index is 0.585. The monoisotopic (exact) mass is 708 g/mol. The normalized spacial score (nSPS) is 12.5. The molecule has 9 nitrogen and oxygen atoms in total. The third kappa shape index (κ3) is 3.83. The Bertz CT molecular complexity index is 3750. The van der Waals surface area contributed by atoms with E-state index in [1.807, 2.05) is 30.3 Å². The van der Waals surface area contributed by atoms with E-state index >= 15 is 0 Å². The number of oxazole rings is 1. The molecule has 6 aromatic heterocycles. The molecule has 0 aliphatic rings. The molecule has 6 heterocycles. The van der Waals surface area contributed by atoms with Gasteiger partial charge >= 0.3 is 5.84 Å². The molecule has 258 valence electrons. The Balaban J connectivity index is 0.993. The number of nitrogens with zero attached hydrogens (tertiary/aromatic N) is 8. The SMILES string of the molecule is Cn1c2ccc(-c3cccc(-c4ccc5c(c4)n4c6ccccc6nc4n5-c4ccc5nc6oc7ccccc7n6c5c4)c3)cc2n2c3ccccc3nc12. The highest BCUT2D eigenvalue weighted by molar-refractivity contribution is 5.97. The highest BCUT2D eigenvalue weighted by atomic mass is 16.4. The van der Waals surface area contributed by atoms with Gasteiger partial charge in [-0.3, -0.25) is 17.8 Å². The summed E-state index contributed by atoms with van der Waals surface area (Å²) in [7, 11) is 2.09. The second-order valence-electron chi connectivity index (χ2n) is 14.3. The Hall–Kier alpha value is -7.65. The van der Waals surface area contributed by atoms with Gasteiger partial charge in [-0.15, -0.1) is 0 Å². The molecule has 9 heteroatoms. The van der Waals surface area contributed by atoms with Crippen LogP contribution in [-0.4, -0.2) is 37.3 Å². The predicted molar refractivity (Wildman–Crippen MR) is 219 cm³/mol.